The summed E-state index contributed by atoms with van der Waals surface area (Å²) in [7, 11) is 5.87. The highest BCUT2D eigenvalue weighted by Gasteiger charge is 2.34. The van der Waals surface area contributed by atoms with Crippen LogP contribution in [-0.4, -0.2) is 114 Å². The molecule has 1 aliphatic rings. The number of methoxy groups -OCH3 is 2. The zero-order valence-electron chi connectivity index (χ0n) is 23.5. The molecule has 0 radical (unpaired) electrons. The normalized spacial score (nSPS) is 15.1. The minimum atomic E-state index is -1.19. The average molecular weight is 732 g/mol. The van der Waals surface area contributed by atoms with Crippen molar-refractivity contribution in [3.63, 3.8) is 0 Å². The standard InChI is InChI=1S/C23H33N5O10S6/c1-35-20(31)12(8-41-43-22(33)10(24)6-39)26-18(29)14-16-17(38-5-3-4-37-16)15(28-14)19(30)27-13(21(32)36-2)9-42-44-23(34)11(25)7-40/h10-13,28,39-40H,3-9,24-25H2,1-2H3,(H,26,29)(H,27,30)/t10-,11-,12?,13?/m0/s1. The van der Waals surface area contributed by atoms with Gasteiger partial charge >= 0.3 is 11.9 Å². The largest absolute Gasteiger partial charge is 0.487 e. The fraction of sp³-hybridized carbons (Fsp3) is 0.565. The maximum Gasteiger partial charge on any atom is 0.329 e. The number of nitrogens with two attached hydrogens (primary N) is 2. The lowest BCUT2D eigenvalue weighted by molar-refractivity contribution is -0.143. The summed E-state index contributed by atoms with van der Waals surface area (Å²) < 4.78 is 21.0. The molecule has 0 fully saturated rings. The van der Waals surface area contributed by atoms with Gasteiger partial charge in [-0.2, -0.15) is 25.3 Å². The van der Waals surface area contributed by atoms with Crippen molar-refractivity contribution < 1.29 is 47.7 Å². The molecular weight excluding hydrogens is 699 g/mol. The van der Waals surface area contributed by atoms with Gasteiger partial charge in [-0.3, -0.25) is 19.2 Å². The van der Waals surface area contributed by atoms with E-state index >= 15 is 0 Å². The number of H-pyrrole nitrogens is 1. The number of hydrogen-bond acceptors (Lipinski definition) is 18. The zero-order valence-corrected chi connectivity index (χ0v) is 28.6. The lowest BCUT2D eigenvalue weighted by Crippen LogP contribution is -2.44. The number of nitrogens with one attached hydrogen (secondary N) is 3. The topological polar surface area (TPSA) is 231 Å². The van der Waals surface area contributed by atoms with Gasteiger partial charge in [0.2, 0.25) is 10.2 Å². The van der Waals surface area contributed by atoms with Crippen molar-refractivity contribution in [2.75, 3.05) is 50.4 Å². The molecule has 1 aromatic rings. The van der Waals surface area contributed by atoms with Crippen LogP contribution in [0.4, 0.5) is 0 Å². The molecule has 1 aliphatic heterocycles. The van der Waals surface area contributed by atoms with Crippen LogP contribution in [0.15, 0.2) is 0 Å². The third-order valence-corrected chi connectivity index (χ3v) is 10.9. The van der Waals surface area contributed by atoms with Gasteiger partial charge in [0.05, 0.1) is 39.5 Å². The summed E-state index contributed by atoms with van der Waals surface area (Å²) in [6.45, 7) is 0.321. The Bertz CT molecular complexity index is 1120. The van der Waals surface area contributed by atoms with Crippen LogP contribution in [0.5, 0.6) is 11.5 Å². The Morgan fingerprint density at radius 2 is 1.18 bits per heavy atom. The van der Waals surface area contributed by atoms with Crippen molar-refractivity contribution in [1.82, 2.24) is 15.6 Å². The predicted octanol–water partition coefficient (Wildman–Crippen LogP) is 0.0490. The van der Waals surface area contributed by atoms with Gasteiger partial charge in [-0.25, -0.2) is 9.59 Å². The molecule has 15 nitrogen and oxygen atoms in total. The number of carbonyl (C=O) groups excluding carboxylic acids is 6. The Kier molecular flexibility index (Phi) is 17.1. The first-order chi connectivity index (χ1) is 21.0. The summed E-state index contributed by atoms with van der Waals surface area (Å²) in [6, 6.07) is -3.98. The van der Waals surface area contributed by atoms with Crippen molar-refractivity contribution in [3.8, 4) is 11.5 Å². The van der Waals surface area contributed by atoms with E-state index in [2.05, 4.69) is 40.9 Å². The molecule has 2 rings (SSSR count). The van der Waals surface area contributed by atoms with Gasteiger partial charge in [0.25, 0.3) is 11.8 Å². The number of esters is 2. The first-order valence-corrected chi connectivity index (χ1v) is 18.6. The second-order valence-corrected chi connectivity index (χ2v) is 14.1. The molecule has 0 spiro atoms. The Balaban J connectivity index is 2.25. The molecule has 4 atom stereocenters. The van der Waals surface area contributed by atoms with E-state index in [4.69, 9.17) is 30.4 Å². The van der Waals surface area contributed by atoms with E-state index in [1.165, 1.54) is 0 Å². The molecule has 44 heavy (non-hydrogen) atoms. The van der Waals surface area contributed by atoms with E-state index in [1.807, 2.05) is 0 Å². The monoisotopic (exact) mass is 731 g/mol. The van der Waals surface area contributed by atoms with E-state index in [9.17, 15) is 28.8 Å². The smallest absolute Gasteiger partial charge is 0.329 e. The molecular formula is C23H33N5O10S6. The van der Waals surface area contributed by atoms with Gasteiger partial charge in [-0.05, 0) is 21.6 Å². The van der Waals surface area contributed by atoms with Crippen LogP contribution >= 0.6 is 68.4 Å². The third kappa shape index (κ3) is 11.2. The summed E-state index contributed by atoms with van der Waals surface area (Å²) in [5.74, 6) is -3.20. The summed E-state index contributed by atoms with van der Waals surface area (Å²) in [6.07, 6.45) is 0.443. The highest BCUT2D eigenvalue weighted by molar-refractivity contribution is 8.82. The van der Waals surface area contributed by atoms with E-state index in [1.54, 1.807) is 0 Å². The van der Waals surface area contributed by atoms with Gasteiger partial charge in [0, 0.05) is 29.4 Å². The molecule has 0 aliphatic carbocycles. The summed E-state index contributed by atoms with van der Waals surface area (Å²) in [4.78, 5) is 78.2. The SMILES string of the molecule is COC(=O)C(CSSC(=O)[C@@H](N)CS)NC(=O)c1[nH]c(C(=O)NC(CSSC(=O)[C@@H](N)CS)C(=O)OC)c2c1OCCCO2. The molecule has 7 N–H and O–H groups in total. The van der Waals surface area contributed by atoms with Crippen LogP contribution in [0.25, 0.3) is 0 Å². The first kappa shape index (κ1) is 38.3. The van der Waals surface area contributed by atoms with E-state index in [-0.39, 0.29) is 69.3 Å². The number of hydrogen-bond donors (Lipinski definition) is 7. The molecule has 2 unspecified atom stereocenters. The lowest BCUT2D eigenvalue weighted by atomic mass is 10.2. The van der Waals surface area contributed by atoms with Crippen molar-refractivity contribution in [1.29, 1.82) is 0 Å². The van der Waals surface area contributed by atoms with Gasteiger partial charge in [0.1, 0.15) is 12.1 Å². The number of thiol groups is 2. The van der Waals surface area contributed by atoms with Crippen molar-refractivity contribution in [2.45, 2.75) is 30.6 Å². The number of amides is 2. The minimum Gasteiger partial charge on any atom is -0.487 e. The Morgan fingerprint density at radius 1 is 0.795 bits per heavy atom. The maximum absolute atomic E-state index is 13.4. The van der Waals surface area contributed by atoms with E-state index < -0.39 is 47.9 Å². The van der Waals surface area contributed by atoms with Crippen LogP contribution in [0.1, 0.15) is 27.4 Å². The van der Waals surface area contributed by atoms with Gasteiger partial charge in [0.15, 0.2) is 22.9 Å². The fourth-order valence-corrected chi connectivity index (χ4v) is 7.88. The molecule has 246 valence electrons. The van der Waals surface area contributed by atoms with Crippen molar-refractivity contribution in [2.24, 2.45) is 11.5 Å². The fourth-order valence-electron chi connectivity index (χ4n) is 3.14. The van der Waals surface area contributed by atoms with Gasteiger partial charge in [-0.15, -0.1) is 0 Å². The van der Waals surface area contributed by atoms with E-state index in [0.29, 0.717) is 6.42 Å². The number of aromatic amines is 1. The number of ether oxygens (including phenoxy) is 4. The predicted molar refractivity (Wildman–Crippen MR) is 177 cm³/mol. The molecule has 1 aromatic heterocycles. The third-order valence-electron chi connectivity index (χ3n) is 5.48. The number of aromatic nitrogens is 1. The van der Waals surface area contributed by atoms with Crippen LogP contribution in [0.3, 0.4) is 0 Å². The van der Waals surface area contributed by atoms with Crippen molar-refractivity contribution in [3.05, 3.63) is 11.4 Å². The second kappa shape index (κ2) is 19.6. The Hall–Kier alpha value is -1.88. The molecule has 2 amide bonds. The van der Waals surface area contributed by atoms with Crippen molar-refractivity contribution >= 4 is 102 Å². The molecule has 0 aromatic carbocycles. The highest BCUT2D eigenvalue weighted by Crippen LogP contribution is 2.38. The minimum absolute atomic E-state index is 0.0560. The lowest BCUT2D eigenvalue weighted by Gasteiger charge is -2.16. The molecule has 0 saturated carbocycles. The zero-order chi connectivity index (χ0) is 32.8. The van der Waals surface area contributed by atoms with Crippen LogP contribution in [0.2, 0.25) is 0 Å². The number of carbonyl (C=O) groups is 6. The first-order valence-electron chi connectivity index (χ1n) is 12.7. The summed E-state index contributed by atoms with van der Waals surface area (Å²) in [5.41, 5.74) is 10.9. The Morgan fingerprint density at radius 3 is 1.52 bits per heavy atom. The maximum atomic E-state index is 13.4. The molecule has 0 saturated heterocycles. The summed E-state index contributed by atoms with van der Waals surface area (Å²) >= 11 is 7.97. The quantitative estimate of drug-likeness (QED) is 0.0677. The second-order valence-electron chi connectivity index (χ2n) is 8.63. The number of fused-ring (bicyclic) bond motifs is 1. The van der Waals surface area contributed by atoms with Gasteiger partial charge in [-0.1, -0.05) is 21.6 Å². The number of rotatable bonds is 16. The molecule has 0 bridgehead atoms. The van der Waals surface area contributed by atoms with Crippen LogP contribution in [0, 0.1) is 0 Å². The van der Waals surface area contributed by atoms with E-state index in [0.717, 1.165) is 57.4 Å². The highest BCUT2D eigenvalue weighted by atomic mass is 33.1. The Labute approximate surface area is 279 Å². The average Bonchev–Trinajstić information content (AvgIpc) is 3.22. The molecule has 2 heterocycles. The van der Waals surface area contributed by atoms with Gasteiger partial charge < -0.3 is 46.0 Å². The van der Waals surface area contributed by atoms with Crippen LogP contribution in [-0.2, 0) is 28.7 Å². The summed E-state index contributed by atoms with van der Waals surface area (Å²) in [5, 5.41) is 4.31. The molecule has 21 heteroatoms. The van der Waals surface area contributed by atoms with Crippen LogP contribution < -0.4 is 31.6 Å².